The van der Waals surface area contributed by atoms with Crippen molar-refractivity contribution in [3.8, 4) is 0 Å². The van der Waals surface area contributed by atoms with E-state index in [1.54, 1.807) is 6.92 Å². The second-order valence-corrected chi connectivity index (χ2v) is 23.8. The number of aliphatic hydroxyl groups is 14. The molecule has 4 aliphatic carbocycles. The van der Waals surface area contributed by atoms with Gasteiger partial charge in [-0.3, -0.25) is 0 Å². The van der Waals surface area contributed by atoms with Crippen molar-refractivity contribution in [3.63, 3.8) is 0 Å². The van der Waals surface area contributed by atoms with E-state index in [9.17, 15) is 71.5 Å². The van der Waals surface area contributed by atoms with Gasteiger partial charge in [0.05, 0.1) is 44.2 Å². The summed E-state index contributed by atoms with van der Waals surface area (Å²) in [6.07, 6.45) is -23.6. The first-order chi connectivity index (χ1) is 34.5. The van der Waals surface area contributed by atoms with E-state index >= 15 is 0 Å². The second-order valence-electron chi connectivity index (χ2n) is 23.8. The van der Waals surface area contributed by atoms with Gasteiger partial charge in [-0.15, -0.1) is 0 Å². The topological polar surface area (TPSA) is 366 Å². The van der Waals surface area contributed by atoms with Gasteiger partial charge in [-0.25, -0.2) is 0 Å². The van der Waals surface area contributed by atoms with Crippen LogP contribution in [0.4, 0.5) is 0 Å². The first-order valence-electron chi connectivity index (χ1n) is 26.8. The van der Waals surface area contributed by atoms with Crippen LogP contribution in [0, 0.1) is 46.3 Å². The maximum Gasteiger partial charge on any atom is 0.187 e. The Morgan fingerprint density at radius 1 is 0.548 bits per heavy atom. The van der Waals surface area contributed by atoms with Gasteiger partial charge in [-0.1, -0.05) is 20.8 Å². The lowest BCUT2D eigenvalue weighted by Crippen LogP contribution is -2.66. The molecular weight excluding hydrogens is 969 g/mol. The van der Waals surface area contributed by atoms with E-state index in [1.807, 2.05) is 0 Å². The highest BCUT2D eigenvalue weighted by atomic mass is 16.8. The SMILES string of the molecule is CC(CCC1(O)OC2CC3C4CCC5CC(O[C@@H]6O[C@H](CO)[C@@H](O[C@@H]7O[C@@H](C)[C@@H](O)[C@@H](O)[C@H]7O[C@@H]7O[C@H](CO)[C@@H](O)[C@H](O)[C@H]7O)[C@H](O)[C@H]6O)CCC5(C)C4CCC3(C)C2C1C)O[C@@H]1O[C@H](CO)[C@@H](O)[C@H](O)[C@H]1O. The minimum Gasteiger partial charge on any atom is -0.394 e. The molecule has 73 heavy (non-hydrogen) atoms. The predicted molar refractivity (Wildman–Crippen MR) is 246 cm³/mol. The van der Waals surface area contributed by atoms with Crippen molar-refractivity contribution in [3.05, 3.63) is 0 Å². The Labute approximate surface area is 425 Å². The van der Waals surface area contributed by atoms with Crippen molar-refractivity contribution in [2.45, 2.75) is 246 Å². The van der Waals surface area contributed by atoms with E-state index in [2.05, 4.69) is 20.8 Å². The third-order valence-corrected chi connectivity index (χ3v) is 19.8. The summed E-state index contributed by atoms with van der Waals surface area (Å²) in [6.45, 7) is 8.10. The van der Waals surface area contributed by atoms with Gasteiger partial charge in [0.15, 0.2) is 30.9 Å². The zero-order chi connectivity index (χ0) is 52.8. The van der Waals surface area contributed by atoms with E-state index in [1.165, 1.54) is 6.92 Å². The maximum atomic E-state index is 12.1. The van der Waals surface area contributed by atoms with Crippen LogP contribution in [0.2, 0.25) is 0 Å². The summed E-state index contributed by atoms with van der Waals surface area (Å²) in [5.74, 6) is 0.266. The number of hydrogen-bond acceptors (Lipinski definition) is 23. The first-order valence-corrected chi connectivity index (χ1v) is 26.8. The average Bonchev–Trinajstić information content (AvgIpc) is 3.81. The standard InChI is InChI=1S/C50H84O23/c1-19(65-44-39(61)35(57)33(55)28(16-51)68-44)8-13-50(64)20(2)31-27(73-50)15-26-24-7-6-22-14-23(9-11-48(22,4)25(24)10-12-49(26,31)5)67-45-41(63)38(60)42(30(18-53)70-45)71-47-43(37(59)32(54)21(3)66-47)72-46-40(62)36(58)34(56)29(17-52)69-46/h19-47,51-64H,6-18H2,1-5H3/t19?,20?,21-,22?,23?,24?,25?,26?,27?,28+,29+,30+,31?,32+,33+,34+,35-,36-,37+,38+,39+,40+,41+,42+,43+,44+,45+,46-,47-,48?,49?,50?/m0/s1. The Morgan fingerprint density at radius 3 is 1.77 bits per heavy atom. The van der Waals surface area contributed by atoms with Crippen LogP contribution < -0.4 is 0 Å². The summed E-state index contributed by atoms with van der Waals surface area (Å²) >= 11 is 0. The highest BCUT2D eigenvalue weighted by molar-refractivity contribution is 5.15. The molecule has 0 aromatic rings. The van der Waals surface area contributed by atoms with Gasteiger partial charge in [0.2, 0.25) is 0 Å². The summed E-state index contributed by atoms with van der Waals surface area (Å²) in [5.41, 5.74) is -0.0216. The Hall–Kier alpha value is -0.920. The zero-order valence-electron chi connectivity index (χ0n) is 42.4. The van der Waals surface area contributed by atoms with Crippen LogP contribution in [0.1, 0.15) is 98.8 Å². The van der Waals surface area contributed by atoms with Gasteiger partial charge < -0.3 is 114 Å². The van der Waals surface area contributed by atoms with Crippen LogP contribution in [0.3, 0.4) is 0 Å². The van der Waals surface area contributed by atoms with Crippen molar-refractivity contribution in [2.24, 2.45) is 46.3 Å². The molecule has 0 aromatic heterocycles. The first kappa shape index (κ1) is 56.8. The van der Waals surface area contributed by atoms with E-state index in [4.69, 9.17) is 42.6 Å². The van der Waals surface area contributed by atoms with Crippen LogP contribution in [-0.4, -0.2) is 238 Å². The summed E-state index contributed by atoms with van der Waals surface area (Å²) in [5, 5.41) is 149. The van der Waals surface area contributed by atoms with Crippen LogP contribution >= 0.6 is 0 Å². The summed E-state index contributed by atoms with van der Waals surface area (Å²) in [4.78, 5) is 0. The highest BCUT2D eigenvalue weighted by Crippen LogP contribution is 2.71. The molecule has 0 radical (unpaired) electrons. The largest absolute Gasteiger partial charge is 0.394 e. The van der Waals surface area contributed by atoms with Crippen LogP contribution in [0.25, 0.3) is 0 Å². The van der Waals surface area contributed by atoms with Crippen molar-refractivity contribution < 1.29 is 114 Å². The molecule has 9 rings (SSSR count). The van der Waals surface area contributed by atoms with Crippen LogP contribution in [0.15, 0.2) is 0 Å². The molecule has 422 valence electrons. The minimum absolute atomic E-state index is 0.0216. The van der Waals surface area contributed by atoms with Gasteiger partial charge in [0.25, 0.3) is 0 Å². The Kier molecular flexibility index (Phi) is 17.1. The van der Waals surface area contributed by atoms with Crippen molar-refractivity contribution in [1.29, 1.82) is 0 Å². The quantitative estimate of drug-likeness (QED) is 0.0763. The molecule has 0 amide bonds. The Balaban J connectivity index is 0.789. The molecule has 5 aliphatic heterocycles. The number of ether oxygens (including phenoxy) is 9. The van der Waals surface area contributed by atoms with Gasteiger partial charge in [0, 0.05) is 12.3 Å². The van der Waals surface area contributed by atoms with Crippen molar-refractivity contribution in [2.75, 3.05) is 19.8 Å². The molecule has 12 unspecified atom stereocenters. The number of rotatable bonds is 14. The van der Waals surface area contributed by atoms with E-state index < -0.39 is 155 Å². The fourth-order valence-electron chi connectivity index (χ4n) is 15.5. The molecule has 5 heterocycles. The van der Waals surface area contributed by atoms with Crippen LogP contribution in [-0.2, 0) is 42.6 Å². The molecule has 0 bridgehead atoms. The lowest BCUT2D eigenvalue weighted by molar-refractivity contribution is -0.388. The van der Waals surface area contributed by atoms with Gasteiger partial charge in [0.1, 0.15) is 91.6 Å². The summed E-state index contributed by atoms with van der Waals surface area (Å²) in [7, 11) is 0. The molecule has 0 aromatic carbocycles. The maximum absolute atomic E-state index is 12.1. The Morgan fingerprint density at radius 2 is 1.11 bits per heavy atom. The lowest BCUT2D eigenvalue weighted by Gasteiger charge is -2.61. The molecule has 32 atom stereocenters. The van der Waals surface area contributed by atoms with E-state index in [0.717, 1.165) is 38.5 Å². The average molecular weight is 1050 g/mol. The smallest absolute Gasteiger partial charge is 0.187 e. The second kappa shape index (κ2) is 22.0. The fourth-order valence-corrected chi connectivity index (χ4v) is 15.5. The summed E-state index contributed by atoms with van der Waals surface area (Å²) < 4.78 is 53.9. The third-order valence-electron chi connectivity index (χ3n) is 19.8. The monoisotopic (exact) mass is 1050 g/mol. The molecule has 14 N–H and O–H groups in total. The van der Waals surface area contributed by atoms with Gasteiger partial charge in [-0.05, 0) is 112 Å². The number of hydrogen-bond donors (Lipinski definition) is 14. The highest BCUT2D eigenvalue weighted by Gasteiger charge is 2.68. The van der Waals surface area contributed by atoms with Crippen molar-refractivity contribution >= 4 is 0 Å². The molecule has 23 heteroatoms. The van der Waals surface area contributed by atoms with Crippen LogP contribution in [0.5, 0.6) is 0 Å². The molecule has 5 saturated heterocycles. The molecule has 0 spiro atoms. The number of aliphatic hydroxyl groups excluding tert-OH is 13. The van der Waals surface area contributed by atoms with E-state index in [-0.39, 0.29) is 41.3 Å². The molecule has 9 aliphatic rings. The minimum atomic E-state index is -1.87. The lowest BCUT2D eigenvalue weighted by atomic mass is 9.44. The summed E-state index contributed by atoms with van der Waals surface area (Å²) in [6, 6.07) is 0. The third kappa shape index (κ3) is 10.1. The van der Waals surface area contributed by atoms with Crippen molar-refractivity contribution in [1.82, 2.24) is 0 Å². The van der Waals surface area contributed by atoms with E-state index in [0.29, 0.717) is 42.9 Å². The van der Waals surface area contributed by atoms with Gasteiger partial charge in [-0.2, -0.15) is 0 Å². The molecule has 4 saturated carbocycles. The number of fused-ring (bicyclic) bond motifs is 7. The zero-order valence-corrected chi connectivity index (χ0v) is 42.4. The fraction of sp³-hybridized carbons (Fsp3) is 1.00. The Bertz CT molecular complexity index is 1830. The molecular formula is C50H84O23. The molecule has 9 fully saturated rings. The molecule has 23 nitrogen and oxygen atoms in total. The van der Waals surface area contributed by atoms with Gasteiger partial charge >= 0.3 is 0 Å². The normalized spacial score (nSPS) is 56.6. The predicted octanol–water partition coefficient (Wildman–Crippen LogP) is -3.17.